The van der Waals surface area contributed by atoms with Crippen molar-refractivity contribution in [1.82, 2.24) is 0 Å². The van der Waals surface area contributed by atoms with Crippen LogP contribution in [-0.4, -0.2) is 22.9 Å². The van der Waals surface area contributed by atoms with Gasteiger partial charge in [-0.2, -0.15) is 0 Å². The Morgan fingerprint density at radius 3 is 2.70 bits per heavy atom. The SMILES string of the molecule is C=CCCC(O)C=CCO. The lowest BCUT2D eigenvalue weighted by Gasteiger charge is -2.00. The van der Waals surface area contributed by atoms with Crippen molar-refractivity contribution in [1.29, 1.82) is 0 Å². The fourth-order valence-corrected chi connectivity index (χ4v) is 0.603. The van der Waals surface area contributed by atoms with Gasteiger partial charge in [-0.1, -0.05) is 18.2 Å². The van der Waals surface area contributed by atoms with Crippen LogP contribution in [0.15, 0.2) is 24.8 Å². The fraction of sp³-hybridized carbons (Fsp3) is 0.500. The highest BCUT2D eigenvalue weighted by molar-refractivity contribution is 4.89. The van der Waals surface area contributed by atoms with Crippen molar-refractivity contribution in [3.05, 3.63) is 24.8 Å². The second-order valence-corrected chi connectivity index (χ2v) is 2.04. The number of rotatable bonds is 5. The Balaban J connectivity index is 3.32. The van der Waals surface area contributed by atoms with E-state index in [1.54, 1.807) is 12.2 Å². The molecular formula is C8H14O2. The molecule has 0 saturated heterocycles. The molecule has 0 aromatic carbocycles. The van der Waals surface area contributed by atoms with Crippen LogP contribution < -0.4 is 0 Å². The van der Waals surface area contributed by atoms with E-state index in [1.165, 1.54) is 6.08 Å². The predicted molar refractivity (Wildman–Crippen MR) is 41.7 cm³/mol. The van der Waals surface area contributed by atoms with Gasteiger partial charge in [-0.25, -0.2) is 0 Å². The normalized spacial score (nSPS) is 13.8. The second-order valence-electron chi connectivity index (χ2n) is 2.04. The van der Waals surface area contributed by atoms with Crippen LogP contribution in [0.2, 0.25) is 0 Å². The van der Waals surface area contributed by atoms with Crippen LogP contribution in [0.1, 0.15) is 12.8 Å². The van der Waals surface area contributed by atoms with Crippen LogP contribution in [0.3, 0.4) is 0 Å². The zero-order valence-electron chi connectivity index (χ0n) is 6.03. The molecule has 0 saturated carbocycles. The molecule has 1 atom stereocenters. The van der Waals surface area contributed by atoms with Crippen LogP contribution in [0.5, 0.6) is 0 Å². The van der Waals surface area contributed by atoms with Gasteiger partial charge in [0.25, 0.3) is 0 Å². The Labute approximate surface area is 61.5 Å². The second kappa shape index (κ2) is 6.52. The lowest BCUT2D eigenvalue weighted by Crippen LogP contribution is -2.00. The summed E-state index contributed by atoms with van der Waals surface area (Å²) in [5.74, 6) is 0. The molecule has 0 heterocycles. The average molecular weight is 142 g/mol. The summed E-state index contributed by atoms with van der Waals surface area (Å²) in [7, 11) is 0. The topological polar surface area (TPSA) is 40.5 Å². The van der Waals surface area contributed by atoms with Crippen LogP contribution in [0.4, 0.5) is 0 Å². The van der Waals surface area contributed by atoms with Crippen molar-refractivity contribution in [2.24, 2.45) is 0 Å². The first-order valence-corrected chi connectivity index (χ1v) is 3.37. The molecule has 0 radical (unpaired) electrons. The van der Waals surface area contributed by atoms with E-state index in [0.717, 1.165) is 6.42 Å². The first-order valence-electron chi connectivity index (χ1n) is 3.37. The lowest BCUT2D eigenvalue weighted by atomic mass is 10.2. The molecule has 2 nitrogen and oxygen atoms in total. The van der Waals surface area contributed by atoms with Gasteiger partial charge in [0.15, 0.2) is 0 Å². The molecule has 0 aromatic heterocycles. The molecule has 0 aliphatic heterocycles. The molecular weight excluding hydrogens is 128 g/mol. The van der Waals surface area contributed by atoms with E-state index in [0.29, 0.717) is 6.42 Å². The summed E-state index contributed by atoms with van der Waals surface area (Å²) in [5, 5.41) is 17.4. The first kappa shape index (κ1) is 9.40. The van der Waals surface area contributed by atoms with Crippen LogP contribution in [0, 0.1) is 0 Å². The van der Waals surface area contributed by atoms with Gasteiger partial charge in [0.05, 0.1) is 12.7 Å². The Bertz CT molecular complexity index is 108. The molecule has 0 spiro atoms. The highest BCUT2D eigenvalue weighted by Crippen LogP contribution is 1.97. The van der Waals surface area contributed by atoms with E-state index >= 15 is 0 Å². The van der Waals surface area contributed by atoms with Crippen molar-refractivity contribution in [2.75, 3.05) is 6.61 Å². The smallest absolute Gasteiger partial charge is 0.0724 e. The van der Waals surface area contributed by atoms with Crippen molar-refractivity contribution >= 4 is 0 Å². The minimum atomic E-state index is -0.440. The largest absolute Gasteiger partial charge is 0.392 e. The Kier molecular flexibility index (Phi) is 6.13. The predicted octanol–water partition coefficient (Wildman–Crippen LogP) is 0.862. The van der Waals surface area contributed by atoms with E-state index in [-0.39, 0.29) is 6.61 Å². The highest BCUT2D eigenvalue weighted by Gasteiger charge is 1.94. The first-order chi connectivity index (χ1) is 4.81. The van der Waals surface area contributed by atoms with Crippen molar-refractivity contribution in [3.8, 4) is 0 Å². The van der Waals surface area contributed by atoms with E-state index in [9.17, 15) is 0 Å². The van der Waals surface area contributed by atoms with E-state index in [1.807, 2.05) is 0 Å². The van der Waals surface area contributed by atoms with Crippen molar-refractivity contribution in [2.45, 2.75) is 18.9 Å². The summed E-state index contributed by atoms with van der Waals surface area (Å²) in [6.45, 7) is 3.52. The Morgan fingerprint density at radius 2 is 2.20 bits per heavy atom. The summed E-state index contributed by atoms with van der Waals surface area (Å²) in [6.07, 6.45) is 5.93. The monoisotopic (exact) mass is 142 g/mol. The van der Waals surface area contributed by atoms with E-state index in [2.05, 4.69) is 6.58 Å². The molecule has 0 bridgehead atoms. The third-order valence-electron chi connectivity index (χ3n) is 1.13. The minimum absolute atomic E-state index is 0.00878. The highest BCUT2D eigenvalue weighted by atomic mass is 16.3. The van der Waals surface area contributed by atoms with Crippen molar-refractivity contribution in [3.63, 3.8) is 0 Å². The minimum Gasteiger partial charge on any atom is -0.392 e. The van der Waals surface area contributed by atoms with Gasteiger partial charge in [-0.15, -0.1) is 6.58 Å². The summed E-state index contributed by atoms with van der Waals surface area (Å²) >= 11 is 0. The summed E-state index contributed by atoms with van der Waals surface area (Å²) < 4.78 is 0. The summed E-state index contributed by atoms with van der Waals surface area (Å²) in [5.41, 5.74) is 0. The molecule has 0 aliphatic carbocycles. The van der Waals surface area contributed by atoms with Gasteiger partial charge in [0, 0.05) is 0 Å². The third kappa shape index (κ3) is 5.54. The maximum absolute atomic E-state index is 9.07. The summed E-state index contributed by atoms with van der Waals surface area (Å²) in [6, 6.07) is 0. The maximum Gasteiger partial charge on any atom is 0.0724 e. The zero-order chi connectivity index (χ0) is 7.82. The molecule has 1 unspecified atom stereocenters. The number of aliphatic hydroxyl groups excluding tert-OH is 2. The fourth-order valence-electron chi connectivity index (χ4n) is 0.603. The van der Waals surface area contributed by atoms with Gasteiger partial charge < -0.3 is 10.2 Å². The lowest BCUT2D eigenvalue weighted by molar-refractivity contribution is 0.212. The molecule has 0 amide bonds. The molecule has 0 rings (SSSR count). The van der Waals surface area contributed by atoms with Gasteiger partial charge in [0.1, 0.15) is 0 Å². The van der Waals surface area contributed by atoms with Crippen LogP contribution >= 0.6 is 0 Å². The molecule has 10 heavy (non-hydrogen) atoms. The number of hydrogen-bond donors (Lipinski definition) is 2. The van der Waals surface area contributed by atoms with Gasteiger partial charge in [0.2, 0.25) is 0 Å². The van der Waals surface area contributed by atoms with Crippen LogP contribution in [-0.2, 0) is 0 Å². The summed E-state index contributed by atoms with van der Waals surface area (Å²) in [4.78, 5) is 0. The Morgan fingerprint density at radius 1 is 1.50 bits per heavy atom. The molecule has 58 valence electrons. The molecule has 0 aliphatic rings. The zero-order valence-corrected chi connectivity index (χ0v) is 6.03. The molecule has 2 heteroatoms. The van der Waals surface area contributed by atoms with Crippen LogP contribution in [0.25, 0.3) is 0 Å². The standard InChI is InChI=1S/C8H14O2/c1-2-3-5-8(10)6-4-7-9/h2,4,6,8-10H,1,3,5,7H2. The Hall–Kier alpha value is -0.600. The number of hydrogen-bond acceptors (Lipinski definition) is 2. The van der Waals surface area contributed by atoms with Gasteiger partial charge >= 0.3 is 0 Å². The van der Waals surface area contributed by atoms with E-state index in [4.69, 9.17) is 10.2 Å². The molecule has 0 aromatic rings. The van der Waals surface area contributed by atoms with Gasteiger partial charge in [-0.3, -0.25) is 0 Å². The third-order valence-corrected chi connectivity index (χ3v) is 1.13. The van der Waals surface area contributed by atoms with Crippen molar-refractivity contribution < 1.29 is 10.2 Å². The maximum atomic E-state index is 9.07. The average Bonchev–Trinajstić information content (AvgIpc) is 1.97. The molecule has 2 N–H and O–H groups in total. The molecule has 0 fully saturated rings. The van der Waals surface area contributed by atoms with E-state index < -0.39 is 6.10 Å². The van der Waals surface area contributed by atoms with Gasteiger partial charge in [-0.05, 0) is 12.8 Å². The quantitative estimate of drug-likeness (QED) is 0.559. The number of allylic oxidation sites excluding steroid dienone is 1. The number of aliphatic hydroxyl groups is 2.